The predicted molar refractivity (Wildman–Crippen MR) is 138 cm³/mol. The van der Waals surface area contributed by atoms with E-state index in [9.17, 15) is 4.79 Å². The van der Waals surface area contributed by atoms with E-state index in [0.29, 0.717) is 34.8 Å². The molecule has 5 N–H and O–H groups in total. The lowest BCUT2D eigenvalue weighted by Gasteiger charge is -2.24. The Hall–Kier alpha value is -2.93. The molecule has 4 heterocycles. The molecule has 1 amide bonds. The maximum Gasteiger partial charge on any atom is 0.224 e. The fraction of sp³-hybridized carbons (Fsp3) is 0.500. The van der Waals surface area contributed by atoms with Crippen molar-refractivity contribution in [3.8, 4) is 0 Å². The van der Waals surface area contributed by atoms with Crippen LogP contribution in [0.2, 0.25) is 0 Å². The molecule has 11 nitrogen and oxygen atoms in total. The highest BCUT2D eigenvalue weighted by Gasteiger charge is 2.56. The molecular weight excluding hydrogens is 482 g/mol. The largest absolute Gasteiger partial charge is 0.397 e. The molecule has 12 heteroatoms. The van der Waals surface area contributed by atoms with Gasteiger partial charge in [0.1, 0.15) is 24.1 Å². The Kier molecular flexibility index (Phi) is 7.02. The van der Waals surface area contributed by atoms with E-state index in [1.54, 1.807) is 30.2 Å². The smallest absolute Gasteiger partial charge is 0.224 e. The van der Waals surface area contributed by atoms with E-state index in [2.05, 4.69) is 20.3 Å². The molecule has 2 saturated heterocycles. The van der Waals surface area contributed by atoms with Crippen molar-refractivity contribution in [2.24, 2.45) is 0 Å². The SMILES string of the molecule is CC1(C)O[C@@H]2[C@H](O1)[C@@H](CSCCCCC(=O)Nc1ccccc1N)O[C@H]2n1cnc2c(N)ncnc21. The second-order valence-corrected chi connectivity index (χ2v) is 10.5. The summed E-state index contributed by atoms with van der Waals surface area (Å²) in [6, 6.07) is 7.26. The minimum atomic E-state index is -0.708. The lowest BCUT2D eigenvalue weighted by atomic mass is 10.1. The van der Waals surface area contributed by atoms with Crippen molar-refractivity contribution in [1.29, 1.82) is 0 Å². The molecule has 2 fully saturated rings. The molecule has 192 valence electrons. The molecular formula is C24H31N7O4S. The summed E-state index contributed by atoms with van der Waals surface area (Å²) < 4.78 is 20.7. The van der Waals surface area contributed by atoms with Crippen molar-refractivity contribution >= 4 is 46.0 Å². The summed E-state index contributed by atoms with van der Waals surface area (Å²) in [5.41, 5.74) is 14.2. The number of rotatable bonds is 9. The molecule has 2 aromatic heterocycles. The van der Waals surface area contributed by atoms with Crippen LogP contribution in [0, 0.1) is 0 Å². The van der Waals surface area contributed by atoms with E-state index in [1.165, 1.54) is 6.33 Å². The van der Waals surface area contributed by atoms with Gasteiger partial charge in [0.15, 0.2) is 23.5 Å². The zero-order valence-electron chi connectivity index (χ0n) is 20.3. The van der Waals surface area contributed by atoms with Crippen molar-refractivity contribution in [3.63, 3.8) is 0 Å². The van der Waals surface area contributed by atoms with Gasteiger partial charge in [-0.25, -0.2) is 15.0 Å². The van der Waals surface area contributed by atoms with Crippen LogP contribution in [0.4, 0.5) is 17.2 Å². The minimum absolute atomic E-state index is 0.0292. The molecule has 0 saturated carbocycles. The van der Waals surface area contributed by atoms with Crippen LogP contribution in [0.25, 0.3) is 11.2 Å². The molecule has 2 aliphatic heterocycles. The Morgan fingerprint density at radius 3 is 2.78 bits per heavy atom. The Bertz CT molecular complexity index is 1240. The fourth-order valence-electron chi connectivity index (χ4n) is 4.59. The summed E-state index contributed by atoms with van der Waals surface area (Å²) in [6.07, 6.45) is 4.13. The number of fused-ring (bicyclic) bond motifs is 2. The number of ether oxygens (including phenoxy) is 3. The van der Waals surface area contributed by atoms with Crippen molar-refractivity contribution in [1.82, 2.24) is 19.5 Å². The average Bonchev–Trinajstić information content (AvgIpc) is 3.49. The molecule has 4 atom stereocenters. The molecule has 2 aliphatic rings. The van der Waals surface area contributed by atoms with Gasteiger partial charge in [-0.15, -0.1) is 0 Å². The molecule has 5 rings (SSSR count). The van der Waals surface area contributed by atoms with Crippen LogP contribution in [0.5, 0.6) is 0 Å². The van der Waals surface area contributed by atoms with Crippen molar-refractivity contribution < 1.29 is 19.0 Å². The summed E-state index contributed by atoms with van der Waals surface area (Å²) >= 11 is 1.78. The maximum atomic E-state index is 12.2. The summed E-state index contributed by atoms with van der Waals surface area (Å²) in [7, 11) is 0. The molecule has 36 heavy (non-hydrogen) atoms. The summed E-state index contributed by atoms with van der Waals surface area (Å²) in [5, 5.41) is 2.87. The number of anilines is 3. The third kappa shape index (κ3) is 5.12. The number of nitrogens with zero attached hydrogens (tertiary/aromatic N) is 4. The van der Waals surface area contributed by atoms with Crippen LogP contribution in [-0.4, -0.2) is 61.0 Å². The van der Waals surface area contributed by atoms with E-state index < -0.39 is 12.0 Å². The van der Waals surface area contributed by atoms with E-state index in [0.717, 1.165) is 24.3 Å². The van der Waals surface area contributed by atoms with Crippen molar-refractivity contribution in [3.05, 3.63) is 36.9 Å². The number of carbonyl (C=O) groups excluding carboxylic acids is 1. The minimum Gasteiger partial charge on any atom is -0.397 e. The van der Waals surface area contributed by atoms with Gasteiger partial charge in [-0.3, -0.25) is 9.36 Å². The van der Waals surface area contributed by atoms with Crippen molar-refractivity contribution in [2.45, 2.75) is 63.4 Å². The third-order valence-electron chi connectivity index (χ3n) is 6.25. The number of amides is 1. The summed E-state index contributed by atoms with van der Waals surface area (Å²) in [6.45, 7) is 3.82. The Balaban J connectivity index is 1.13. The lowest BCUT2D eigenvalue weighted by molar-refractivity contribution is -0.193. The highest BCUT2D eigenvalue weighted by molar-refractivity contribution is 7.99. The number of hydrogen-bond donors (Lipinski definition) is 3. The monoisotopic (exact) mass is 513 g/mol. The van der Waals surface area contributed by atoms with E-state index >= 15 is 0 Å². The maximum absolute atomic E-state index is 12.2. The first-order valence-electron chi connectivity index (χ1n) is 12.0. The first-order chi connectivity index (χ1) is 17.3. The number of imidazole rings is 1. The van der Waals surface area contributed by atoms with Crippen LogP contribution in [0.3, 0.4) is 0 Å². The molecule has 0 spiro atoms. The normalized spacial score (nSPS) is 24.7. The molecule has 0 unspecified atom stereocenters. The predicted octanol–water partition coefficient (Wildman–Crippen LogP) is 2.95. The molecule has 1 aromatic carbocycles. The van der Waals surface area contributed by atoms with Gasteiger partial charge in [-0.2, -0.15) is 11.8 Å². The number of carbonyl (C=O) groups is 1. The third-order valence-corrected chi connectivity index (χ3v) is 7.39. The number of aromatic nitrogens is 4. The van der Waals surface area contributed by atoms with Crippen LogP contribution >= 0.6 is 11.8 Å². The number of unbranched alkanes of at least 4 members (excludes halogenated alkanes) is 1. The van der Waals surface area contributed by atoms with Gasteiger partial charge >= 0.3 is 0 Å². The van der Waals surface area contributed by atoms with Crippen LogP contribution in [-0.2, 0) is 19.0 Å². The molecule has 0 aliphatic carbocycles. The molecule has 0 bridgehead atoms. The Morgan fingerprint density at radius 1 is 1.14 bits per heavy atom. The number of hydrogen-bond acceptors (Lipinski definition) is 10. The lowest BCUT2D eigenvalue weighted by Crippen LogP contribution is -2.31. The number of nitrogens with two attached hydrogens (primary N) is 2. The van der Waals surface area contributed by atoms with Crippen LogP contribution in [0.1, 0.15) is 39.3 Å². The first-order valence-corrected chi connectivity index (χ1v) is 13.1. The number of benzene rings is 1. The highest BCUT2D eigenvalue weighted by Crippen LogP contribution is 2.44. The standard InChI is InChI=1S/C24H31N7O4S/c1-24(2)34-19-16(11-36-10-6-5-9-17(32)30-15-8-4-3-7-14(15)25)33-23(20(19)35-24)31-13-29-18-21(26)27-12-28-22(18)31/h3-4,7-8,12-13,16,19-20,23H,5-6,9-11,25H2,1-2H3,(H,30,32)(H2,26,27,28)/t16-,19-,20-,23-/m1/s1. The summed E-state index contributed by atoms with van der Waals surface area (Å²) in [4.78, 5) is 24.9. The number of nitrogens with one attached hydrogen (secondary N) is 1. The quantitative estimate of drug-likeness (QED) is 0.287. The van der Waals surface area contributed by atoms with Crippen LogP contribution in [0.15, 0.2) is 36.9 Å². The van der Waals surface area contributed by atoms with Gasteiger partial charge < -0.3 is 31.0 Å². The van der Waals surface area contributed by atoms with E-state index in [-0.39, 0.29) is 24.2 Å². The zero-order chi connectivity index (χ0) is 25.3. The van der Waals surface area contributed by atoms with Gasteiger partial charge in [0.05, 0.1) is 23.8 Å². The Labute approximate surface area is 213 Å². The van der Waals surface area contributed by atoms with Gasteiger partial charge in [-0.1, -0.05) is 12.1 Å². The molecule has 3 aromatic rings. The first kappa shape index (κ1) is 24.8. The van der Waals surface area contributed by atoms with Crippen LogP contribution < -0.4 is 16.8 Å². The van der Waals surface area contributed by atoms with Gasteiger partial charge in [-0.05, 0) is 44.6 Å². The van der Waals surface area contributed by atoms with Crippen molar-refractivity contribution in [2.75, 3.05) is 28.3 Å². The van der Waals surface area contributed by atoms with Gasteiger partial charge in [0.25, 0.3) is 0 Å². The second kappa shape index (κ2) is 10.2. The highest BCUT2D eigenvalue weighted by atomic mass is 32.2. The second-order valence-electron chi connectivity index (χ2n) is 9.38. The number of para-hydroxylation sites is 2. The van der Waals surface area contributed by atoms with Gasteiger partial charge in [0, 0.05) is 12.2 Å². The Morgan fingerprint density at radius 2 is 1.94 bits per heavy atom. The van der Waals surface area contributed by atoms with E-state index in [1.807, 2.05) is 30.5 Å². The topological polar surface area (TPSA) is 152 Å². The number of thioether (sulfide) groups is 1. The summed E-state index contributed by atoms with van der Waals surface area (Å²) in [5.74, 6) is 1.24. The number of nitrogen functional groups attached to an aromatic ring is 2. The zero-order valence-corrected chi connectivity index (χ0v) is 21.1. The molecule has 0 radical (unpaired) electrons. The average molecular weight is 514 g/mol. The fourth-order valence-corrected chi connectivity index (χ4v) is 5.66. The van der Waals surface area contributed by atoms with Gasteiger partial charge in [0.2, 0.25) is 5.91 Å². The van der Waals surface area contributed by atoms with E-state index in [4.69, 9.17) is 25.7 Å².